The first-order valence-corrected chi connectivity index (χ1v) is 5.83. The summed E-state index contributed by atoms with van der Waals surface area (Å²) in [5.74, 6) is 0. The Kier molecular flexibility index (Phi) is 3.01. The van der Waals surface area contributed by atoms with Gasteiger partial charge in [0.1, 0.15) is 5.69 Å². The van der Waals surface area contributed by atoms with Gasteiger partial charge in [-0.2, -0.15) is 0 Å². The summed E-state index contributed by atoms with van der Waals surface area (Å²) in [7, 11) is 0. The number of thiophene rings is 1. The number of aromatic nitrogens is 1. The lowest BCUT2D eigenvalue weighted by atomic mass is 10.2. The number of aryl methyl sites for hydroxylation is 2. The quantitative estimate of drug-likeness (QED) is 0.795. The summed E-state index contributed by atoms with van der Waals surface area (Å²) in [6.07, 6.45) is 1.72. The molecule has 0 spiro atoms. The molecule has 4 heteroatoms. The van der Waals surface area contributed by atoms with E-state index in [2.05, 4.69) is 9.98 Å². The summed E-state index contributed by atoms with van der Waals surface area (Å²) in [5, 5.41) is 1.98. The van der Waals surface area contributed by atoms with Crippen LogP contribution in [0.15, 0.2) is 33.4 Å². The van der Waals surface area contributed by atoms with Crippen molar-refractivity contribution in [2.24, 2.45) is 4.99 Å². The van der Waals surface area contributed by atoms with E-state index >= 15 is 0 Å². The molecule has 0 bridgehead atoms. The Morgan fingerprint density at radius 1 is 1.44 bits per heavy atom. The first-order chi connectivity index (χ1) is 7.66. The van der Waals surface area contributed by atoms with E-state index < -0.39 is 0 Å². The zero-order valence-electron chi connectivity index (χ0n) is 9.15. The van der Waals surface area contributed by atoms with Crippen molar-refractivity contribution in [3.63, 3.8) is 0 Å². The number of nitrogens with one attached hydrogen (secondary N) is 1. The third-order valence-corrected chi connectivity index (χ3v) is 3.00. The van der Waals surface area contributed by atoms with E-state index in [1.165, 1.54) is 0 Å². The molecule has 82 valence electrons. The standard InChI is InChI=1S/C12H12N2OS/c1-8-6-9(2)14-12(15)11(8)13-7-10-4-3-5-16-10/h3-7H,1-2H3,(H,14,15). The summed E-state index contributed by atoms with van der Waals surface area (Å²) in [6.45, 7) is 3.75. The smallest absolute Gasteiger partial charge is 0.274 e. The van der Waals surface area contributed by atoms with Crippen molar-refractivity contribution in [2.75, 3.05) is 0 Å². The van der Waals surface area contributed by atoms with Gasteiger partial charge in [-0.25, -0.2) is 4.99 Å². The van der Waals surface area contributed by atoms with Gasteiger partial charge in [0.2, 0.25) is 0 Å². The van der Waals surface area contributed by atoms with Crippen molar-refractivity contribution in [2.45, 2.75) is 13.8 Å². The summed E-state index contributed by atoms with van der Waals surface area (Å²) in [6, 6.07) is 5.84. The van der Waals surface area contributed by atoms with Crippen LogP contribution in [0.1, 0.15) is 16.1 Å². The molecular formula is C12H12N2OS. The van der Waals surface area contributed by atoms with Crippen molar-refractivity contribution in [1.29, 1.82) is 0 Å². The van der Waals surface area contributed by atoms with Crippen molar-refractivity contribution in [3.05, 3.63) is 50.1 Å². The Labute approximate surface area is 97.5 Å². The highest BCUT2D eigenvalue weighted by Crippen LogP contribution is 2.13. The minimum absolute atomic E-state index is 0.134. The third kappa shape index (κ3) is 2.28. The number of hydrogen-bond acceptors (Lipinski definition) is 3. The molecule has 2 rings (SSSR count). The number of H-pyrrole nitrogens is 1. The molecule has 0 aliphatic carbocycles. The lowest BCUT2D eigenvalue weighted by molar-refractivity contribution is 1.11. The lowest BCUT2D eigenvalue weighted by Crippen LogP contribution is -2.08. The van der Waals surface area contributed by atoms with Gasteiger partial charge in [0, 0.05) is 16.8 Å². The molecule has 0 amide bonds. The largest absolute Gasteiger partial charge is 0.325 e. The normalized spacial score (nSPS) is 11.1. The van der Waals surface area contributed by atoms with E-state index in [0.29, 0.717) is 5.69 Å². The fourth-order valence-electron chi connectivity index (χ4n) is 1.50. The highest BCUT2D eigenvalue weighted by molar-refractivity contribution is 7.11. The third-order valence-electron chi connectivity index (χ3n) is 2.20. The fourth-order valence-corrected chi connectivity index (χ4v) is 2.08. The van der Waals surface area contributed by atoms with Gasteiger partial charge in [0.25, 0.3) is 5.56 Å². The summed E-state index contributed by atoms with van der Waals surface area (Å²) in [4.78, 5) is 19.7. The predicted molar refractivity (Wildman–Crippen MR) is 68.1 cm³/mol. The maximum atomic E-state index is 11.7. The molecule has 2 aromatic rings. The lowest BCUT2D eigenvalue weighted by Gasteiger charge is -1.99. The van der Waals surface area contributed by atoms with E-state index in [4.69, 9.17) is 0 Å². The Balaban J connectivity index is 2.39. The zero-order valence-corrected chi connectivity index (χ0v) is 9.97. The topological polar surface area (TPSA) is 45.2 Å². The molecule has 0 saturated carbocycles. The van der Waals surface area contributed by atoms with Gasteiger partial charge < -0.3 is 4.98 Å². The van der Waals surface area contributed by atoms with Gasteiger partial charge in [0.05, 0.1) is 0 Å². The average molecular weight is 232 g/mol. The number of hydrogen-bond donors (Lipinski definition) is 1. The molecule has 0 aromatic carbocycles. The summed E-state index contributed by atoms with van der Waals surface area (Å²) >= 11 is 1.60. The van der Waals surface area contributed by atoms with E-state index in [1.807, 2.05) is 37.4 Å². The predicted octanol–water partition coefficient (Wildman–Crippen LogP) is 2.80. The van der Waals surface area contributed by atoms with Crippen molar-refractivity contribution < 1.29 is 0 Å². The van der Waals surface area contributed by atoms with Crippen LogP contribution in [0.5, 0.6) is 0 Å². The Morgan fingerprint density at radius 2 is 2.25 bits per heavy atom. The molecule has 0 fully saturated rings. The molecule has 16 heavy (non-hydrogen) atoms. The first-order valence-electron chi connectivity index (χ1n) is 4.95. The molecule has 0 unspecified atom stereocenters. The Morgan fingerprint density at radius 3 is 2.88 bits per heavy atom. The van der Waals surface area contributed by atoms with Gasteiger partial charge in [-0.05, 0) is 36.9 Å². The average Bonchev–Trinajstić information content (AvgIpc) is 2.68. The van der Waals surface area contributed by atoms with Crippen LogP contribution in [-0.4, -0.2) is 11.2 Å². The van der Waals surface area contributed by atoms with Crippen molar-refractivity contribution >= 4 is 23.2 Å². The fraction of sp³-hybridized carbons (Fsp3) is 0.167. The number of rotatable bonds is 2. The molecule has 1 N–H and O–H groups in total. The van der Waals surface area contributed by atoms with Crippen LogP contribution in [-0.2, 0) is 0 Å². The summed E-state index contributed by atoms with van der Waals surface area (Å²) < 4.78 is 0. The maximum absolute atomic E-state index is 11.7. The van der Waals surface area contributed by atoms with E-state index in [-0.39, 0.29) is 5.56 Å². The number of pyridine rings is 1. The van der Waals surface area contributed by atoms with Crippen LogP contribution in [0.2, 0.25) is 0 Å². The molecule has 0 atom stereocenters. The van der Waals surface area contributed by atoms with Crippen molar-refractivity contribution in [3.8, 4) is 0 Å². The minimum atomic E-state index is -0.134. The van der Waals surface area contributed by atoms with Crippen LogP contribution >= 0.6 is 11.3 Å². The van der Waals surface area contributed by atoms with Crippen LogP contribution in [0, 0.1) is 13.8 Å². The molecule has 0 radical (unpaired) electrons. The Bertz CT molecular complexity index is 567. The number of nitrogens with zero attached hydrogens (tertiary/aromatic N) is 1. The first kappa shape index (κ1) is 10.8. The Hall–Kier alpha value is -1.68. The van der Waals surface area contributed by atoms with Crippen molar-refractivity contribution in [1.82, 2.24) is 4.98 Å². The van der Waals surface area contributed by atoms with Crippen LogP contribution in [0.25, 0.3) is 0 Å². The van der Waals surface area contributed by atoms with Gasteiger partial charge in [-0.3, -0.25) is 4.79 Å². The highest BCUT2D eigenvalue weighted by atomic mass is 32.1. The molecule has 2 heterocycles. The molecule has 3 nitrogen and oxygen atoms in total. The minimum Gasteiger partial charge on any atom is -0.325 e. The highest BCUT2D eigenvalue weighted by Gasteiger charge is 2.02. The van der Waals surface area contributed by atoms with Gasteiger partial charge in [-0.15, -0.1) is 11.3 Å². The van der Waals surface area contributed by atoms with Gasteiger partial charge in [-0.1, -0.05) is 6.07 Å². The van der Waals surface area contributed by atoms with E-state index in [1.54, 1.807) is 17.6 Å². The van der Waals surface area contributed by atoms with E-state index in [9.17, 15) is 4.79 Å². The summed E-state index contributed by atoms with van der Waals surface area (Å²) in [5.41, 5.74) is 2.11. The number of aliphatic imine (C=N–C) groups is 1. The zero-order chi connectivity index (χ0) is 11.5. The number of aromatic amines is 1. The van der Waals surface area contributed by atoms with E-state index in [0.717, 1.165) is 16.1 Å². The molecule has 0 aliphatic heterocycles. The molecule has 0 saturated heterocycles. The second kappa shape index (κ2) is 4.45. The van der Waals surface area contributed by atoms with Crippen LogP contribution in [0.4, 0.5) is 5.69 Å². The molecule has 0 aliphatic rings. The SMILES string of the molecule is Cc1cc(C)c(N=Cc2cccs2)c(=O)[nH]1. The maximum Gasteiger partial charge on any atom is 0.274 e. The second-order valence-electron chi connectivity index (χ2n) is 3.59. The van der Waals surface area contributed by atoms with Crippen LogP contribution < -0.4 is 5.56 Å². The van der Waals surface area contributed by atoms with Gasteiger partial charge in [0.15, 0.2) is 0 Å². The molecule has 2 aromatic heterocycles. The van der Waals surface area contributed by atoms with Gasteiger partial charge >= 0.3 is 0 Å². The monoisotopic (exact) mass is 232 g/mol. The molecular weight excluding hydrogens is 220 g/mol. The van der Waals surface area contributed by atoms with Crippen LogP contribution in [0.3, 0.4) is 0 Å². The second-order valence-corrected chi connectivity index (χ2v) is 4.57.